The van der Waals surface area contributed by atoms with Gasteiger partial charge in [0.25, 0.3) is 5.91 Å². The quantitative estimate of drug-likeness (QED) is 0.410. The van der Waals surface area contributed by atoms with E-state index in [0.717, 1.165) is 0 Å². The third-order valence-corrected chi connectivity index (χ3v) is 2.24. The fourth-order valence-electron chi connectivity index (χ4n) is 1.09. The molecule has 0 saturated carbocycles. The van der Waals surface area contributed by atoms with E-state index in [1.807, 2.05) is 6.92 Å². The molecule has 0 spiro atoms. The number of allylic oxidation sites excluding steroid dienone is 1. The van der Waals surface area contributed by atoms with Crippen molar-refractivity contribution in [3.05, 3.63) is 41.5 Å². The number of anilines is 1. The van der Waals surface area contributed by atoms with Crippen molar-refractivity contribution in [1.29, 1.82) is 5.41 Å². The number of hydrogen-bond donors (Lipinski definition) is 3. The topological polar surface area (TPSA) is 79.0 Å². The lowest BCUT2D eigenvalue weighted by atomic mass is 10.2. The maximum absolute atomic E-state index is 11.5. The van der Waals surface area contributed by atoms with Crippen molar-refractivity contribution in [2.45, 2.75) is 13.8 Å². The van der Waals surface area contributed by atoms with Crippen LogP contribution in [0.1, 0.15) is 19.4 Å². The summed E-state index contributed by atoms with van der Waals surface area (Å²) in [7, 11) is 0. The summed E-state index contributed by atoms with van der Waals surface area (Å²) < 4.78 is 0. The van der Waals surface area contributed by atoms with Gasteiger partial charge in [-0.2, -0.15) is 0 Å². The third-order valence-electron chi connectivity index (χ3n) is 2.24. The number of carbonyl (C=O) groups is 1. The van der Waals surface area contributed by atoms with Crippen LogP contribution in [0.3, 0.4) is 0 Å². The van der Waals surface area contributed by atoms with Crippen molar-refractivity contribution in [3.63, 3.8) is 0 Å². The standard InChI is InChI=1S/C12H15N3O/c1-3-8(2)12(16)15-10-6-4-9(5-7-10)11(13)14/h3-7H,1-2H3,(H3,13,14)(H,15,16)/b8-3+. The van der Waals surface area contributed by atoms with E-state index in [2.05, 4.69) is 5.32 Å². The van der Waals surface area contributed by atoms with Crippen LogP contribution < -0.4 is 11.1 Å². The summed E-state index contributed by atoms with van der Waals surface area (Å²) in [5, 5.41) is 9.97. The Morgan fingerprint density at radius 1 is 1.38 bits per heavy atom. The van der Waals surface area contributed by atoms with Gasteiger partial charge in [0.1, 0.15) is 5.84 Å². The first-order chi connectivity index (χ1) is 7.54. The normalized spacial score (nSPS) is 11.0. The van der Waals surface area contributed by atoms with Gasteiger partial charge < -0.3 is 11.1 Å². The first-order valence-corrected chi connectivity index (χ1v) is 4.93. The van der Waals surface area contributed by atoms with E-state index in [0.29, 0.717) is 16.8 Å². The molecule has 0 unspecified atom stereocenters. The molecule has 0 saturated heterocycles. The van der Waals surface area contributed by atoms with E-state index in [1.165, 1.54) is 0 Å². The first kappa shape index (κ1) is 12.0. The van der Waals surface area contributed by atoms with E-state index in [-0.39, 0.29) is 11.7 Å². The maximum atomic E-state index is 11.5. The van der Waals surface area contributed by atoms with Crippen molar-refractivity contribution < 1.29 is 4.79 Å². The Bertz CT molecular complexity index is 432. The molecule has 4 heteroatoms. The Morgan fingerprint density at radius 3 is 2.38 bits per heavy atom. The van der Waals surface area contributed by atoms with Crippen LogP contribution in [0.15, 0.2) is 35.9 Å². The van der Waals surface area contributed by atoms with E-state index in [1.54, 1.807) is 37.3 Å². The van der Waals surface area contributed by atoms with Crippen LogP contribution in [0.25, 0.3) is 0 Å². The molecule has 0 aliphatic carbocycles. The van der Waals surface area contributed by atoms with Crippen molar-refractivity contribution >= 4 is 17.4 Å². The van der Waals surface area contributed by atoms with Gasteiger partial charge in [0.15, 0.2) is 0 Å². The Balaban J connectivity index is 2.76. The number of amides is 1. The molecule has 1 aromatic rings. The summed E-state index contributed by atoms with van der Waals surface area (Å²) in [5.41, 5.74) is 7.31. The van der Waals surface area contributed by atoms with Crippen LogP contribution in [0.2, 0.25) is 0 Å². The van der Waals surface area contributed by atoms with Crippen LogP contribution >= 0.6 is 0 Å². The van der Waals surface area contributed by atoms with E-state index < -0.39 is 0 Å². The lowest BCUT2D eigenvalue weighted by molar-refractivity contribution is -0.112. The zero-order chi connectivity index (χ0) is 12.1. The minimum atomic E-state index is -0.127. The molecule has 16 heavy (non-hydrogen) atoms. The number of rotatable bonds is 3. The van der Waals surface area contributed by atoms with Crippen molar-refractivity contribution in [3.8, 4) is 0 Å². The second-order valence-corrected chi connectivity index (χ2v) is 3.42. The van der Waals surface area contributed by atoms with Gasteiger partial charge in [-0.05, 0) is 38.1 Å². The molecule has 84 valence electrons. The number of benzene rings is 1. The van der Waals surface area contributed by atoms with Gasteiger partial charge in [-0.1, -0.05) is 6.08 Å². The highest BCUT2D eigenvalue weighted by Gasteiger charge is 2.03. The fraction of sp³-hybridized carbons (Fsp3) is 0.167. The number of nitrogens with two attached hydrogens (primary N) is 1. The molecular formula is C12H15N3O. The smallest absolute Gasteiger partial charge is 0.250 e. The maximum Gasteiger partial charge on any atom is 0.250 e. The summed E-state index contributed by atoms with van der Waals surface area (Å²) in [4.78, 5) is 11.5. The molecule has 0 aromatic heterocycles. The number of nitrogen functional groups attached to an aromatic ring is 1. The minimum Gasteiger partial charge on any atom is -0.384 e. The monoisotopic (exact) mass is 217 g/mol. The molecule has 0 fully saturated rings. The van der Waals surface area contributed by atoms with Gasteiger partial charge in [0.2, 0.25) is 0 Å². The highest BCUT2D eigenvalue weighted by atomic mass is 16.1. The Labute approximate surface area is 94.7 Å². The van der Waals surface area contributed by atoms with E-state index in [4.69, 9.17) is 11.1 Å². The molecule has 1 aromatic carbocycles. The molecule has 0 bridgehead atoms. The summed E-state index contributed by atoms with van der Waals surface area (Å²) in [6, 6.07) is 6.83. The number of amidine groups is 1. The highest BCUT2D eigenvalue weighted by molar-refractivity contribution is 6.03. The third kappa shape index (κ3) is 2.95. The first-order valence-electron chi connectivity index (χ1n) is 4.93. The Hall–Kier alpha value is -2.10. The summed E-state index contributed by atoms with van der Waals surface area (Å²) in [5.74, 6) is -0.111. The average molecular weight is 217 g/mol. The Kier molecular flexibility index (Phi) is 3.83. The van der Waals surface area contributed by atoms with Crippen molar-refractivity contribution in [2.75, 3.05) is 5.32 Å². The van der Waals surface area contributed by atoms with Crippen molar-refractivity contribution in [1.82, 2.24) is 0 Å². The van der Waals surface area contributed by atoms with Gasteiger partial charge in [-0.15, -0.1) is 0 Å². The van der Waals surface area contributed by atoms with Crippen LogP contribution in [-0.4, -0.2) is 11.7 Å². The number of carbonyl (C=O) groups excluding carboxylic acids is 1. The number of hydrogen-bond acceptors (Lipinski definition) is 2. The molecule has 0 aliphatic rings. The summed E-state index contributed by atoms with van der Waals surface area (Å²) in [6.07, 6.45) is 1.75. The van der Waals surface area contributed by atoms with Gasteiger partial charge in [-0.25, -0.2) is 0 Å². The second-order valence-electron chi connectivity index (χ2n) is 3.42. The van der Waals surface area contributed by atoms with Crippen LogP contribution in [0.5, 0.6) is 0 Å². The number of nitrogens with one attached hydrogen (secondary N) is 2. The molecule has 0 aliphatic heterocycles. The predicted molar refractivity (Wildman–Crippen MR) is 65.5 cm³/mol. The van der Waals surface area contributed by atoms with Gasteiger partial charge in [0.05, 0.1) is 0 Å². The molecular weight excluding hydrogens is 202 g/mol. The molecule has 4 nitrogen and oxygen atoms in total. The summed E-state index contributed by atoms with van der Waals surface area (Å²) in [6.45, 7) is 3.56. The van der Waals surface area contributed by atoms with Crippen LogP contribution in [-0.2, 0) is 4.79 Å². The predicted octanol–water partition coefficient (Wildman–Crippen LogP) is 1.88. The lowest BCUT2D eigenvalue weighted by Gasteiger charge is -2.05. The van der Waals surface area contributed by atoms with Crippen LogP contribution in [0, 0.1) is 5.41 Å². The van der Waals surface area contributed by atoms with E-state index >= 15 is 0 Å². The second kappa shape index (κ2) is 5.11. The molecule has 1 amide bonds. The van der Waals surface area contributed by atoms with Gasteiger partial charge in [-0.3, -0.25) is 10.2 Å². The van der Waals surface area contributed by atoms with Crippen molar-refractivity contribution in [2.24, 2.45) is 5.73 Å². The molecule has 4 N–H and O–H groups in total. The SMILES string of the molecule is C/C=C(\C)C(=O)Nc1ccc(C(=N)N)cc1. The molecule has 1 rings (SSSR count). The van der Waals surface area contributed by atoms with Gasteiger partial charge >= 0.3 is 0 Å². The highest BCUT2D eigenvalue weighted by Crippen LogP contribution is 2.10. The zero-order valence-corrected chi connectivity index (χ0v) is 9.37. The summed E-state index contributed by atoms with van der Waals surface area (Å²) >= 11 is 0. The minimum absolute atomic E-state index is 0.0162. The largest absolute Gasteiger partial charge is 0.384 e. The average Bonchev–Trinajstić information content (AvgIpc) is 2.28. The molecule has 0 radical (unpaired) electrons. The Morgan fingerprint density at radius 2 is 1.94 bits per heavy atom. The molecule has 0 atom stereocenters. The molecule has 0 heterocycles. The zero-order valence-electron chi connectivity index (χ0n) is 9.37. The fourth-order valence-corrected chi connectivity index (χ4v) is 1.09. The van der Waals surface area contributed by atoms with Gasteiger partial charge in [0, 0.05) is 16.8 Å². The lowest BCUT2D eigenvalue weighted by Crippen LogP contribution is -2.13. The van der Waals surface area contributed by atoms with Crippen LogP contribution in [0.4, 0.5) is 5.69 Å². The van der Waals surface area contributed by atoms with E-state index in [9.17, 15) is 4.79 Å².